The summed E-state index contributed by atoms with van der Waals surface area (Å²) in [7, 11) is 0. The molecule has 0 saturated heterocycles. The average molecular weight is 309 g/mol. The van der Waals surface area contributed by atoms with Crippen LogP contribution in [0.2, 0.25) is 0 Å². The maximum absolute atomic E-state index is 12.1. The summed E-state index contributed by atoms with van der Waals surface area (Å²) in [4.78, 5) is 16.6. The summed E-state index contributed by atoms with van der Waals surface area (Å²) in [5, 5.41) is 19.6. The third-order valence-electron chi connectivity index (χ3n) is 3.92. The van der Waals surface area contributed by atoms with E-state index in [4.69, 9.17) is 0 Å². The maximum atomic E-state index is 12.1. The molecule has 0 fully saturated rings. The molecule has 2 rings (SSSR count). The van der Waals surface area contributed by atoms with E-state index in [0.717, 1.165) is 16.8 Å². The Morgan fingerprint density at radius 1 is 1.30 bits per heavy atom. The number of rotatable bonds is 3. The van der Waals surface area contributed by atoms with Gasteiger partial charge in [0.05, 0.1) is 11.3 Å². The first kappa shape index (κ1) is 16.5. The molecular weight excluding hydrogens is 290 g/mol. The Bertz CT molecular complexity index is 866. The molecule has 1 aromatic heterocycles. The van der Waals surface area contributed by atoms with Crippen LogP contribution in [-0.4, -0.2) is 15.9 Å². The van der Waals surface area contributed by atoms with Gasteiger partial charge < -0.3 is 5.11 Å². The molecular formula is C18H19N3O2. The molecule has 5 heteroatoms. The Hall–Kier alpha value is -2.87. The minimum atomic E-state index is -0.478. The smallest absolute Gasteiger partial charge is 0.271 e. The molecule has 23 heavy (non-hydrogen) atoms. The Morgan fingerprint density at radius 2 is 1.91 bits per heavy atom. The summed E-state index contributed by atoms with van der Waals surface area (Å²) < 4.78 is 1.18. The zero-order valence-electron chi connectivity index (χ0n) is 13.7. The van der Waals surface area contributed by atoms with Crippen LogP contribution in [0.3, 0.4) is 0 Å². The number of aromatic nitrogens is 1. The number of hydrogen-bond acceptors (Lipinski definition) is 4. The topological polar surface area (TPSA) is 78.4 Å². The first-order valence-corrected chi connectivity index (χ1v) is 7.39. The van der Waals surface area contributed by atoms with Crippen molar-refractivity contribution in [3.63, 3.8) is 0 Å². The zero-order valence-corrected chi connectivity index (χ0v) is 13.7. The van der Waals surface area contributed by atoms with Crippen molar-refractivity contribution in [2.45, 2.75) is 34.2 Å². The summed E-state index contributed by atoms with van der Waals surface area (Å²) in [6.45, 7) is 7.58. The number of nitrogens with zero attached hydrogens (tertiary/aromatic N) is 3. The van der Waals surface area contributed by atoms with Crippen LogP contribution in [0.4, 0.5) is 5.69 Å². The number of para-hydroxylation sites is 1. The fourth-order valence-electron chi connectivity index (χ4n) is 2.56. The van der Waals surface area contributed by atoms with Gasteiger partial charge in [-0.15, -0.1) is 0 Å². The van der Waals surface area contributed by atoms with E-state index in [0.29, 0.717) is 11.1 Å². The minimum Gasteiger partial charge on any atom is -0.494 e. The van der Waals surface area contributed by atoms with E-state index in [2.05, 4.69) is 4.99 Å². The molecule has 0 atom stereocenters. The van der Waals surface area contributed by atoms with Gasteiger partial charge in [-0.2, -0.15) is 5.26 Å². The summed E-state index contributed by atoms with van der Waals surface area (Å²) in [5.41, 5.74) is 3.24. The molecule has 0 aliphatic heterocycles. The molecule has 0 aliphatic carbocycles. The summed E-state index contributed by atoms with van der Waals surface area (Å²) >= 11 is 0. The molecule has 0 radical (unpaired) electrons. The Kier molecular flexibility index (Phi) is 4.65. The van der Waals surface area contributed by atoms with Gasteiger partial charge in [-0.3, -0.25) is 14.4 Å². The molecule has 0 amide bonds. The summed E-state index contributed by atoms with van der Waals surface area (Å²) in [6, 6.07) is 7.79. The summed E-state index contributed by atoms with van der Waals surface area (Å²) in [5.74, 6) is -0.163. The quantitative estimate of drug-likeness (QED) is 0.885. The maximum Gasteiger partial charge on any atom is 0.271 e. The number of pyridine rings is 1. The molecule has 0 bridgehead atoms. The van der Waals surface area contributed by atoms with Gasteiger partial charge in [0.15, 0.2) is 0 Å². The first-order chi connectivity index (χ1) is 10.9. The van der Waals surface area contributed by atoms with Crippen LogP contribution in [0.1, 0.15) is 34.7 Å². The van der Waals surface area contributed by atoms with Gasteiger partial charge in [0.1, 0.15) is 11.6 Å². The highest BCUT2D eigenvalue weighted by Crippen LogP contribution is 2.25. The molecule has 1 N–H and O–H groups in total. The van der Waals surface area contributed by atoms with E-state index in [-0.39, 0.29) is 18.0 Å². The van der Waals surface area contributed by atoms with Gasteiger partial charge in [0.25, 0.3) is 5.56 Å². The average Bonchev–Trinajstić information content (AvgIpc) is 2.50. The van der Waals surface area contributed by atoms with E-state index in [1.165, 1.54) is 10.8 Å². The number of benzene rings is 1. The van der Waals surface area contributed by atoms with E-state index in [9.17, 15) is 15.2 Å². The highest BCUT2D eigenvalue weighted by atomic mass is 16.3. The lowest BCUT2D eigenvalue weighted by Crippen LogP contribution is -2.24. The van der Waals surface area contributed by atoms with Crippen molar-refractivity contribution < 1.29 is 5.11 Å². The van der Waals surface area contributed by atoms with Crippen LogP contribution < -0.4 is 5.56 Å². The second kappa shape index (κ2) is 6.49. The van der Waals surface area contributed by atoms with E-state index in [1.807, 2.05) is 38.1 Å². The van der Waals surface area contributed by atoms with Crippen molar-refractivity contribution in [3.8, 4) is 11.9 Å². The van der Waals surface area contributed by atoms with Gasteiger partial charge in [-0.05, 0) is 44.4 Å². The van der Waals surface area contributed by atoms with Crippen LogP contribution in [0.25, 0.3) is 0 Å². The van der Waals surface area contributed by atoms with Crippen LogP contribution in [-0.2, 0) is 6.54 Å². The predicted octanol–water partition coefficient (Wildman–Crippen LogP) is 3.12. The van der Waals surface area contributed by atoms with Gasteiger partial charge >= 0.3 is 0 Å². The second-order valence-electron chi connectivity index (χ2n) is 5.40. The molecule has 2 aromatic rings. The van der Waals surface area contributed by atoms with Crippen molar-refractivity contribution >= 4 is 11.9 Å². The fourth-order valence-corrected chi connectivity index (χ4v) is 2.56. The van der Waals surface area contributed by atoms with Crippen molar-refractivity contribution in [2.75, 3.05) is 0 Å². The van der Waals surface area contributed by atoms with Crippen molar-refractivity contribution in [1.29, 1.82) is 5.26 Å². The number of hydrogen-bond donors (Lipinski definition) is 1. The van der Waals surface area contributed by atoms with E-state index < -0.39 is 5.56 Å². The second-order valence-corrected chi connectivity index (χ2v) is 5.40. The van der Waals surface area contributed by atoms with Crippen molar-refractivity contribution in [2.24, 2.45) is 4.99 Å². The van der Waals surface area contributed by atoms with E-state index >= 15 is 0 Å². The molecule has 0 spiro atoms. The lowest BCUT2D eigenvalue weighted by molar-refractivity contribution is 0.409. The van der Waals surface area contributed by atoms with Gasteiger partial charge in [-0.25, -0.2) is 0 Å². The SMILES string of the molecule is CCn1c(O)c(C=Nc2c(C)cccc2C)c(C)c(C#N)c1=O. The number of aryl methyl sites for hydroxylation is 2. The van der Waals surface area contributed by atoms with Crippen LogP contribution in [0.15, 0.2) is 28.0 Å². The van der Waals surface area contributed by atoms with Gasteiger partial charge in [0.2, 0.25) is 5.88 Å². The third kappa shape index (κ3) is 2.88. The monoisotopic (exact) mass is 309 g/mol. The lowest BCUT2D eigenvalue weighted by Gasteiger charge is -2.12. The zero-order chi connectivity index (χ0) is 17.1. The molecule has 0 unspecified atom stereocenters. The predicted molar refractivity (Wildman–Crippen MR) is 90.7 cm³/mol. The van der Waals surface area contributed by atoms with Crippen molar-refractivity contribution in [3.05, 3.63) is 56.4 Å². The fraction of sp³-hybridized carbons (Fsp3) is 0.278. The normalized spacial score (nSPS) is 10.9. The third-order valence-corrected chi connectivity index (χ3v) is 3.92. The molecule has 1 heterocycles. The van der Waals surface area contributed by atoms with Gasteiger partial charge in [-0.1, -0.05) is 18.2 Å². The Labute approximate surface area is 135 Å². The first-order valence-electron chi connectivity index (χ1n) is 7.39. The summed E-state index contributed by atoms with van der Waals surface area (Å²) in [6.07, 6.45) is 1.52. The highest BCUT2D eigenvalue weighted by Gasteiger charge is 2.17. The Balaban J connectivity index is 2.68. The van der Waals surface area contributed by atoms with E-state index in [1.54, 1.807) is 13.8 Å². The van der Waals surface area contributed by atoms with Crippen LogP contribution in [0.5, 0.6) is 5.88 Å². The van der Waals surface area contributed by atoms with Gasteiger partial charge in [0, 0.05) is 12.8 Å². The van der Waals surface area contributed by atoms with Crippen LogP contribution >= 0.6 is 0 Å². The molecule has 1 aromatic carbocycles. The van der Waals surface area contributed by atoms with Crippen molar-refractivity contribution in [1.82, 2.24) is 4.57 Å². The minimum absolute atomic E-state index is 0.0348. The molecule has 0 aliphatic rings. The number of nitriles is 1. The number of aromatic hydroxyl groups is 1. The van der Waals surface area contributed by atoms with Crippen LogP contribution in [0, 0.1) is 32.1 Å². The Morgan fingerprint density at radius 3 is 2.43 bits per heavy atom. The molecule has 118 valence electrons. The molecule has 5 nitrogen and oxygen atoms in total. The molecule has 0 saturated carbocycles. The largest absolute Gasteiger partial charge is 0.494 e. The lowest BCUT2D eigenvalue weighted by atomic mass is 10.1. The standard InChI is InChI=1S/C18H19N3O2/c1-5-21-17(22)14(9-19)13(4)15(18(21)23)10-20-16-11(2)7-6-8-12(16)3/h6-8,10,23H,5H2,1-4H3. The number of aliphatic imine (C=N–C) groups is 1. The highest BCUT2D eigenvalue weighted by molar-refractivity contribution is 5.87.